The lowest BCUT2D eigenvalue weighted by Gasteiger charge is -2.24. The van der Waals surface area contributed by atoms with Gasteiger partial charge in [0.25, 0.3) is 0 Å². The molecule has 2 heterocycles. The number of urea groups is 1. The Morgan fingerprint density at radius 3 is 2.71 bits per heavy atom. The predicted octanol–water partition coefficient (Wildman–Crippen LogP) is 2.36. The average Bonchev–Trinajstić information content (AvgIpc) is 2.95. The Labute approximate surface area is 104 Å². The van der Waals surface area contributed by atoms with Gasteiger partial charge in [-0.1, -0.05) is 0 Å². The molecule has 1 aromatic rings. The van der Waals surface area contributed by atoms with Crippen molar-refractivity contribution >= 4 is 23.2 Å². The summed E-state index contributed by atoms with van der Waals surface area (Å²) in [6, 6.07) is 2.18. The topological polar surface area (TPSA) is 58.7 Å². The Morgan fingerprint density at radius 2 is 2.18 bits per heavy atom. The molecule has 4 nitrogen and oxygen atoms in total. The number of rotatable bonds is 2. The molecule has 1 atom stereocenters. The van der Waals surface area contributed by atoms with E-state index in [2.05, 4.69) is 24.9 Å². The van der Waals surface area contributed by atoms with Crippen LogP contribution in [0, 0.1) is 13.8 Å². The van der Waals surface area contributed by atoms with Crippen LogP contribution in [-0.4, -0.2) is 22.8 Å². The lowest BCUT2D eigenvalue weighted by atomic mass is 10.1. The summed E-state index contributed by atoms with van der Waals surface area (Å²) in [5, 5.41) is 0. The van der Waals surface area contributed by atoms with Crippen molar-refractivity contribution in [3.8, 4) is 0 Å². The largest absolute Gasteiger partial charge is 0.385 e. The van der Waals surface area contributed by atoms with Gasteiger partial charge in [0.15, 0.2) is 0 Å². The van der Waals surface area contributed by atoms with E-state index < -0.39 is 0 Å². The van der Waals surface area contributed by atoms with Gasteiger partial charge in [-0.2, -0.15) is 4.99 Å². The fourth-order valence-electron chi connectivity index (χ4n) is 2.43. The highest BCUT2D eigenvalue weighted by Gasteiger charge is 2.44. The summed E-state index contributed by atoms with van der Waals surface area (Å²) < 4.78 is 0. The Hall–Kier alpha value is -1.36. The molecule has 1 aliphatic carbocycles. The zero-order chi connectivity index (χ0) is 12.2. The highest BCUT2D eigenvalue weighted by molar-refractivity contribution is 7.12. The van der Waals surface area contributed by atoms with Crippen LogP contribution in [0.2, 0.25) is 0 Å². The number of carbonyl (C=O) groups excluding carboxylic acids is 1. The number of nitrogens with zero attached hydrogens (tertiary/aromatic N) is 2. The van der Waals surface area contributed by atoms with Gasteiger partial charge in [0.2, 0.25) is 0 Å². The summed E-state index contributed by atoms with van der Waals surface area (Å²) in [4.78, 5) is 20.1. The summed E-state index contributed by atoms with van der Waals surface area (Å²) in [7, 11) is 0. The van der Waals surface area contributed by atoms with E-state index in [1.807, 2.05) is 4.90 Å². The van der Waals surface area contributed by atoms with Gasteiger partial charge in [-0.25, -0.2) is 4.79 Å². The zero-order valence-corrected chi connectivity index (χ0v) is 10.8. The molecule has 5 heteroatoms. The van der Waals surface area contributed by atoms with Gasteiger partial charge in [-0.3, -0.25) is 0 Å². The maximum Gasteiger partial charge on any atom is 0.346 e. The molecule has 1 aliphatic heterocycles. The van der Waals surface area contributed by atoms with Crippen molar-refractivity contribution in [2.45, 2.75) is 38.8 Å². The monoisotopic (exact) mass is 249 g/mol. The predicted molar refractivity (Wildman–Crippen MR) is 68.4 cm³/mol. The second kappa shape index (κ2) is 3.57. The Bertz CT molecular complexity index is 516. The molecule has 0 aromatic carbocycles. The van der Waals surface area contributed by atoms with Crippen LogP contribution >= 0.6 is 11.3 Å². The van der Waals surface area contributed by atoms with Crippen LogP contribution in [0.25, 0.3) is 0 Å². The lowest BCUT2D eigenvalue weighted by Crippen LogP contribution is -2.35. The minimum Gasteiger partial charge on any atom is -0.385 e. The number of amides is 2. The molecule has 0 saturated heterocycles. The van der Waals surface area contributed by atoms with E-state index in [4.69, 9.17) is 5.73 Å². The molecule has 1 fully saturated rings. The van der Waals surface area contributed by atoms with Crippen LogP contribution < -0.4 is 5.73 Å². The summed E-state index contributed by atoms with van der Waals surface area (Å²) in [6.45, 7) is 4.15. The molecule has 1 unspecified atom stereocenters. The van der Waals surface area contributed by atoms with E-state index in [0.29, 0.717) is 11.9 Å². The summed E-state index contributed by atoms with van der Waals surface area (Å²) in [5.74, 6) is 0.447. The molecule has 0 spiro atoms. The molecule has 2 aliphatic rings. The van der Waals surface area contributed by atoms with Crippen molar-refractivity contribution < 1.29 is 4.79 Å². The first-order chi connectivity index (χ1) is 8.08. The van der Waals surface area contributed by atoms with Gasteiger partial charge in [0.05, 0.1) is 0 Å². The molecule has 0 bridgehead atoms. The standard InChI is InChI=1S/C12H15N3OS/c1-6-5-9(7(2)17-6)10-11(13)14-12(16)15(10)8-3-4-8/h5,8,10H,3-4H2,1-2H3,(H2,13,14,16). The number of thiophene rings is 1. The van der Waals surface area contributed by atoms with Gasteiger partial charge in [-0.15, -0.1) is 11.3 Å². The van der Waals surface area contributed by atoms with Crippen molar-refractivity contribution in [1.82, 2.24) is 4.90 Å². The molecule has 17 heavy (non-hydrogen) atoms. The van der Waals surface area contributed by atoms with E-state index in [9.17, 15) is 4.79 Å². The van der Waals surface area contributed by atoms with Crippen LogP contribution in [0.4, 0.5) is 4.79 Å². The SMILES string of the molecule is Cc1cc(C2C(N)=NC(=O)N2C2CC2)c(C)s1. The quantitative estimate of drug-likeness (QED) is 0.874. The number of aryl methyl sites for hydroxylation is 2. The maximum atomic E-state index is 11.8. The van der Waals surface area contributed by atoms with Gasteiger partial charge in [0.1, 0.15) is 11.9 Å². The molecule has 1 aromatic heterocycles. The number of hydrogen-bond acceptors (Lipinski definition) is 3. The smallest absolute Gasteiger partial charge is 0.346 e. The molecule has 3 rings (SSSR count). The Balaban J connectivity index is 2.02. The number of nitrogens with two attached hydrogens (primary N) is 1. The molecular weight excluding hydrogens is 234 g/mol. The van der Waals surface area contributed by atoms with Gasteiger partial charge >= 0.3 is 6.03 Å². The van der Waals surface area contributed by atoms with Crippen LogP contribution in [0.1, 0.15) is 34.2 Å². The van der Waals surface area contributed by atoms with Crippen LogP contribution in [0.5, 0.6) is 0 Å². The van der Waals surface area contributed by atoms with E-state index in [1.165, 1.54) is 9.75 Å². The summed E-state index contributed by atoms with van der Waals surface area (Å²) >= 11 is 1.74. The molecule has 0 radical (unpaired) electrons. The first-order valence-corrected chi connectivity index (χ1v) is 6.63. The third-order valence-corrected chi connectivity index (χ3v) is 4.30. The highest BCUT2D eigenvalue weighted by Crippen LogP contribution is 2.40. The van der Waals surface area contributed by atoms with Crippen molar-refractivity contribution in [2.24, 2.45) is 10.7 Å². The van der Waals surface area contributed by atoms with Crippen molar-refractivity contribution in [3.63, 3.8) is 0 Å². The molecule has 2 amide bonds. The van der Waals surface area contributed by atoms with E-state index in [0.717, 1.165) is 18.4 Å². The number of carbonyl (C=O) groups is 1. The number of hydrogen-bond donors (Lipinski definition) is 1. The van der Waals surface area contributed by atoms with Gasteiger partial charge < -0.3 is 10.6 Å². The normalized spacial score (nSPS) is 24.4. The summed E-state index contributed by atoms with van der Waals surface area (Å²) in [6.07, 6.45) is 2.15. The average molecular weight is 249 g/mol. The van der Waals surface area contributed by atoms with Crippen molar-refractivity contribution in [1.29, 1.82) is 0 Å². The molecule has 1 saturated carbocycles. The molecule has 2 N–H and O–H groups in total. The highest BCUT2D eigenvalue weighted by atomic mass is 32.1. The number of aliphatic imine (C=N–C) groups is 1. The van der Waals surface area contributed by atoms with Crippen LogP contribution in [0.15, 0.2) is 11.1 Å². The lowest BCUT2D eigenvalue weighted by molar-refractivity contribution is 0.203. The maximum absolute atomic E-state index is 11.8. The molecular formula is C12H15N3OS. The van der Waals surface area contributed by atoms with Crippen molar-refractivity contribution in [3.05, 3.63) is 21.4 Å². The Morgan fingerprint density at radius 1 is 1.47 bits per heavy atom. The number of amidine groups is 1. The second-order valence-electron chi connectivity index (χ2n) is 4.73. The minimum atomic E-state index is -0.168. The third-order valence-electron chi connectivity index (χ3n) is 3.32. The first-order valence-electron chi connectivity index (χ1n) is 5.81. The van der Waals surface area contributed by atoms with E-state index >= 15 is 0 Å². The second-order valence-corrected chi connectivity index (χ2v) is 6.19. The van der Waals surface area contributed by atoms with Crippen molar-refractivity contribution in [2.75, 3.05) is 0 Å². The first kappa shape index (κ1) is 10.8. The third kappa shape index (κ3) is 1.65. The van der Waals surface area contributed by atoms with Gasteiger partial charge in [-0.05, 0) is 38.3 Å². The van der Waals surface area contributed by atoms with Gasteiger partial charge in [0, 0.05) is 15.8 Å². The fraction of sp³-hybridized carbons (Fsp3) is 0.500. The van der Waals surface area contributed by atoms with Crippen LogP contribution in [0.3, 0.4) is 0 Å². The van der Waals surface area contributed by atoms with Crippen LogP contribution in [-0.2, 0) is 0 Å². The Kier molecular flexibility index (Phi) is 2.26. The zero-order valence-electron chi connectivity index (χ0n) is 9.93. The van der Waals surface area contributed by atoms with E-state index in [-0.39, 0.29) is 12.1 Å². The fourth-order valence-corrected chi connectivity index (χ4v) is 3.39. The van der Waals surface area contributed by atoms with E-state index in [1.54, 1.807) is 11.3 Å². The molecule has 90 valence electrons. The minimum absolute atomic E-state index is 0.125. The summed E-state index contributed by atoms with van der Waals surface area (Å²) in [5.41, 5.74) is 7.07.